The number of hydrogen-bond acceptors (Lipinski definition) is 2. The summed E-state index contributed by atoms with van der Waals surface area (Å²) in [4.78, 5) is 13.0. The molecule has 14 heavy (non-hydrogen) atoms. The van der Waals surface area contributed by atoms with Crippen LogP contribution >= 0.6 is 0 Å². The number of rotatable bonds is 3. The van der Waals surface area contributed by atoms with E-state index in [4.69, 9.17) is 6.57 Å². The molecular formula is C9H7FN2O2. The van der Waals surface area contributed by atoms with Crippen LogP contribution in [0.2, 0.25) is 0 Å². The Hall–Kier alpha value is -1.96. The smallest absolute Gasteiger partial charge is 0.273 e. The van der Waals surface area contributed by atoms with E-state index in [1.165, 1.54) is 0 Å². The Morgan fingerprint density at radius 2 is 2.29 bits per heavy atom. The molecule has 0 unspecified atom stereocenters. The molecule has 4 nitrogen and oxygen atoms in total. The van der Waals surface area contributed by atoms with Crippen molar-refractivity contribution in [3.8, 4) is 0 Å². The Kier molecular flexibility index (Phi) is 3.13. The molecule has 0 aromatic heterocycles. The highest BCUT2D eigenvalue weighted by Gasteiger charge is 2.14. The van der Waals surface area contributed by atoms with Gasteiger partial charge in [-0.1, -0.05) is 0 Å². The number of nitro groups is 1. The van der Waals surface area contributed by atoms with Crippen molar-refractivity contribution < 1.29 is 9.31 Å². The predicted molar refractivity (Wildman–Crippen MR) is 48.2 cm³/mol. The van der Waals surface area contributed by atoms with E-state index in [9.17, 15) is 14.5 Å². The molecular weight excluding hydrogens is 187 g/mol. The number of benzene rings is 1. The molecule has 0 aliphatic heterocycles. The van der Waals surface area contributed by atoms with Crippen molar-refractivity contribution in [1.29, 1.82) is 0 Å². The zero-order valence-electron chi connectivity index (χ0n) is 7.24. The third kappa shape index (κ3) is 2.26. The normalized spacial score (nSPS) is 9.43. The summed E-state index contributed by atoms with van der Waals surface area (Å²) in [5, 5.41) is 10.5. The van der Waals surface area contributed by atoms with E-state index in [1.807, 2.05) is 0 Å². The van der Waals surface area contributed by atoms with Gasteiger partial charge >= 0.3 is 0 Å². The Morgan fingerprint density at radius 3 is 2.86 bits per heavy atom. The first-order valence-electron chi connectivity index (χ1n) is 3.91. The molecule has 0 spiro atoms. The highest BCUT2D eigenvalue weighted by Crippen LogP contribution is 2.19. The lowest BCUT2D eigenvalue weighted by atomic mass is 10.1. The third-order valence-corrected chi connectivity index (χ3v) is 1.73. The van der Waals surface area contributed by atoms with Gasteiger partial charge in [-0.25, -0.2) is 11.0 Å². The fourth-order valence-electron chi connectivity index (χ4n) is 1.11. The lowest BCUT2D eigenvalue weighted by Gasteiger charge is -1.98. The molecule has 0 heterocycles. The fourth-order valence-corrected chi connectivity index (χ4v) is 1.11. The second-order valence-electron chi connectivity index (χ2n) is 2.66. The molecule has 0 bridgehead atoms. The Bertz CT molecular complexity index is 398. The van der Waals surface area contributed by atoms with Crippen LogP contribution in [0.5, 0.6) is 0 Å². The van der Waals surface area contributed by atoms with Crippen molar-refractivity contribution in [1.82, 2.24) is 0 Å². The van der Waals surface area contributed by atoms with Crippen molar-refractivity contribution in [3.63, 3.8) is 0 Å². The predicted octanol–water partition coefficient (Wildman–Crippen LogP) is 2.20. The SMILES string of the molecule is [C-]#[N+]CCc1cc(F)ccc1[N+](=O)[O-]. The van der Waals surface area contributed by atoms with Crippen LogP contribution in [-0.4, -0.2) is 11.5 Å². The molecule has 0 saturated carbocycles. The maximum Gasteiger partial charge on any atom is 0.273 e. The van der Waals surface area contributed by atoms with Crippen LogP contribution in [0, 0.1) is 22.5 Å². The fraction of sp³-hybridized carbons (Fsp3) is 0.222. The number of halogens is 1. The van der Waals surface area contributed by atoms with Gasteiger partial charge in [-0.2, -0.15) is 0 Å². The summed E-state index contributed by atoms with van der Waals surface area (Å²) < 4.78 is 12.7. The first-order chi connectivity index (χ1) is 6.65. The van der Waals surface area contributed by atoms with Crippen LogP contribution in [0.1, 0.15) is 5.56 Å². The highest BCUT2D eigenvalue weighted by atomic mass is 19.1. The molecule has 0 N–H and O–H groups in total. The molecule has 1 aromatic rings. The third-order valence-electron chi connectivity index (χ3n) is 1.73. The van der Waals surface area contributed by atoms with Crippen molar-refractivity contribution in [2.24, 2.45) is 0 Å². The Balaban J connectivity index is 3.04. The lowest BCUT2D eigenvalue weighted by molar-refractivity contribution is -0.385. The van der Waals surface area contributed by atoms with E-state index in [0.29, 0.717) is 0 Å². The number of hydrogen-bond donors (Lipinski definition) is 0. The second-order valence-corrected chi connectivity index (χ2v) is 2.66. The zero-order chi connectivity index (χ0) is 10.6. The van der Waals surface area contributed by atoms with Crippen molar-refractivity contribution in [2.75, 3.05) is 6.54 Å². The molecule has 0 amide bonds. The summed E-state index contributed by atoms with van der Waals surface area (Å²) in [6, 6.07) is 3.26. The van der Waals surface area contributed by atoms with Gasteiger partial charge in [-0.15, -0.1) is 0 Å². The summed E-state index contributed by atoms with van der Waals surface area (Å²) in [6.45, 7) is 6.67. The summed E-state index contributed by atoms with van der Waals surface area (Å²) in [7, 11) is 0. The minimum absolute atomic E-state index is 0.129. The summed E-state index contributed by atoms with van der Waals surface area (Å²) in [5.74, 6) is -0.518. The van der Waals surface area contributed by atoms with E-state index in [2.05, 4.69) is 4.85 Å². The van der Waals surface area contributed by atoms with E-state index in [0.717, 1.165) is 18.2 Å². The molecule has 1 rings (SSSR count). The molecule has 1 aromatic carbocycles. The second kappa shape index (κ2) is 4.33. The van der Waals surface area contributed by atoms with Gasteiger partial charge in [0.05, 0.1) is 11.3 Å². The van der Waals surface area contributed by atoms with Crippen LogP contribution in [0.15, 0.2) is 18.2 Å². The van der Waals surface area contributed by atoms with Crippen LogP contribution < -0.4 is 0 Å². The summed E-state index contributed by atoms with van der Waals surface area (Å²) in [5.41, 5.74) is 0.140. The first-order valence-corrected chi connectivity index (χ1v) is 3.91. The Labute approximate surface area is 79.9 Å². The first kappa shape index (κ1) is 10.1. The quantitative estimate of drug-likeness (QED) is 0.420. The van der Waals surface area contributed by atoms with Crippen molar-refractivity contribution in [3.05, 3.63) is 51.1 Å². The van der Waals surface area contributed by atoms with Gasteiger partial charge in [0.15, 0.2) is 0 Å². The van der Waals surface area contributed by atoms with Gasteiger partial charge in [-0.05, 0) is 12.1 Å². The van der Waals surface area contributed by atoms with Crippen molar-refractivity contribution in [2.45, 2.75) is 6.42 Å². The van der Waals surface area contributed by atoms with Gasteiger partial charge in [0.25, 0.3) is 5.69 Å². The van der Waals surface area contributed by atoms with Crippen LogP contribution in [0.4, 0.5) is 10.1 Å². The molecule has 72 valence electrons. The molecule has 0 radical (unpaired) electrons. The molecule has 0 aliphatic rings. The topological polar surface area (TPSA) is 47.5 Å². The largest absolute Gasteiger partial charge is 0.317 e. The van der Waals surface area contributed by atoms with Gasteiger partial charge in [0.1, 0.15) is 5.82 Å². The Morgan fingerprint density at radius 1 is 1.57 bits per heavy atom. The maximum atomic E-state index is 12.7. The maximum absolute atomic E-state index is 12.7. The van der Waals surface area contributed by atoms with E-state index >= 15 is 0 Å². The van der Waals surface area contributed by atoms with Crippen LogP contribution in [-0.2, 0) is 6.42 Å². The molecule has 0 aliphatic carbocycles. The summed E-state index contributed by atoms with van der Waals surface area (Å²) in [6.07, 6.45) is 0.206. The lowest BCUT2D eigenvalue weighted by Crippen LogP contribution is -1.97. The average Bonchev–Trinajstić information content (AvgIpc) is 2.14. The molecule has 5 heteroatoms. The molecule has 0 fully saturated rings. The van der Waals surface area contributed by atoms with Gasteiger partial charge < -0.3 is 4.85 Å². The molecule has 0 saturated heterocycles. The van der Waals surface area contributed by atoms with E-state index in [1.54, 1.807) is 0 Å². The number of nitro benzene ring substituents is 1. The molecule has 0 atom stereocenters. The minimum Gasteiger partial charge on any atom is -0.317 e. The minimum atomic E-state index is -0.571. The van der Waals surface area contributed by atoms with Crippen molar-refractivity contribution >= 4 is 5.69 Å². The van der Waals surface area contributed by atoms with Gasteiger partial charge in [0, 0.05) is 11.6 Å². The summed E-state index contributed by atoms with van der Waals surface area (Å²) >= 11 is 0. The van der Waals surface area contributed by atoms with Gasteiger partial charge in [-0.3, -0.25) is 10.1 Å². The average molecular weight is 194 g/mol. The van der Waals surface area contributed by atoms with Crippen LogP contribution in [0.3, 0.4) is 0 Å². The van der Waals surface area contributed by atoms with Crippen LogP contribution in [0.25, 0.3) is 4.85 Å². The highest BCUT2D eigenvalue weighted by molar-refractivity contribution is 5.40. The van der Waals surface area contributed by atoms with Gasteiger partial charge in [0.2, 0.25) is 6.54 Å². The van der Waals surface area contributed by atoms with E-state index in [-0.39, 0.29) is 24.2 Å². The standard InChI is InChI=1S/C9H7FN2O2/c1-11-5-4-7-6-8(10)2-3-9(7)12(13)14/h2-3,6H,4-5H2. The van der Waals surface area contributed by atoms with E-state index < -0.39 is 10.7 Å². The number of nitrogens with zero attached hydrogens (tertiary/aromatic N) is 2. The monoisotopic (exact) mass is 194 g/mol. The zero-order valence-corrected chi connectivity index (χ0v) is 7.24.